The lowest BCUT2D eigenvalue weighted by Crippen LogP contribution is -2.47. The lowest BCUT2D eigenvalue weighted by Gasteiger charge is -2.27. The minimum atomic E-state index is -0.897. The highest BCUT2D eigenvalue weighted by Gasteiger charge is 2.21. The summed E-state index contributed by atoms with van der Waals surface area (Å²) in [6, 6.07) is 10.0. The van der Waals surface area contributed by atoms with Crippen LogP contribution < -0.4 is 5.32 Å². The number of carbonyl (C=O) groups is 1. The summed E-state index contributed by atoms with van der Waals surface area (Å²) in [7, 11) is 3.79. The first-order valence-electron chi connectivity index (χ1n) is 6.71. The van der Waals surface area contributed by atoms with Crippen molar-refractivity contribution in [3.05, 3.63) is 30.3 Å². The molecule has 1 atom stereocenters. The Kier molecular flexibility index (Phi) is 7.05. The van der Waals surface area contributed by atoms with Crippen molar-refractivity contribution in [1.29, 1.82) is 0 Å². The van der Waals surface area contributed by atoms with E-state index in [1.54, 1.807) is 18.7 Å². The van der Waals surface area contributed by atoms with E-state index in [0.717, 1.165) is 5.75 Å². The third-order valence-electron chi connectivity index (χ3n) is 2.66. The number of carbonyl (C=O) groups excluding carboxylic acids is 1. The molecular formula is C15H24N2O2S. The second kappa shape index (κ2) is 8.29. The minimum absolute atomic E-state index is 0.0209. The Bertz CT molecular complexity index is 408. The third kappa shape index (κ3) is 7.53. The van der Waals surface area contributed by atoms with Crippen LogP contribution >= 0.6 is 11.8 Å². The Hall–Kier alpha value is -1.04. The normalized spacial score (nSPS) is 14.1. The quantitative estimate of drug-likeness (QED) is 0.716. The Labute approximate surface area is 125 Å². The predicted molar refractivity (Wildman–Crippen MR) is 84.0 cm³/mol. The van der Waals surface area contributed by atoms with Crippen molar-refractivity contribution < 1.29 is 9.90 Å². The molecule has 0 aromatic heterocycles. The van der Waals surface area contributed by atoms with Gasteiger partial charge in [-0.3, -0.25) is 4.79 Å². The van der Waals surface area contributed by atoms with Crippen LogP contribution in [0.25, 0.3) is 0 Å². The van der Waals surface area contributed by atoms with Gasteiger partial charge in [0.25, 0.3) is 0 Å². The molecule has 20 heavy (non-hydrogen) atoms. The fourth-order valence-corrected chi connectivity index (χ4v) is 2.77. The molecule has 112 valence electrons. The summed E-state index contributed by atoms with van der Waals surface area (Å²) in [5, 5.41) is 12.9. The van der Waals surface area contributed by atoms with Crippen LogP contribution in [0, 0.1) is 0 Å². The maximum atomic E-state index is 11.7. The number of hydrogen-bond acceptors (Lipinski definition) is 4. The van der Waals surface area contributed by atoms with Crippen LogP contribution in [-0.4, -0.2) is 54.5 Å². The first-order chi connectivity index (χ1) is 9.39. The molecule has 0 fully saturated rings. The smallest absolute Gasteiger partial charge is 0.220 e. The molecule has 0 saturated carbocycles. The molecule has 1 unspecified atom stereocenters. The molecule has 0 heterocycles. The zero-order valence-corrected chi connectivity index (χ0v) is 13.2. The molecule has 0 spiro atoms. The van der Waals surface area contributed by atoms with Crippen LogP contribution in [0.4, 0.5) is 0 Å². The summed E-state index contributed by atoms with van der Waals surface area (Å²) in [6.45, 7) is 2.53. The van der Waals surface area contributed by atoms with Crippen molar-refractivity contribution in [3.63, 3.8) is 0 Å². The number of amides is 1. The summed E-state index contributed by atoms with van der Waals surface area (Å²) < 4.78 is 0. The second-order valence-corrected chi connectivity index (χ2v) is 6.59. The molecule has 1 aromatic rings. The molecule has 0 aliphatic rings. The average Bonchev–Trinajstić information content (AvgIpc) is 2.36. The summed E-state index contributed by atoms with van der Waals surface area (Å²) in [6.07, 6.45) is 0.456. The number of rotatable bonds is 8. The van der Waals surface area contributed by atoms with E-state index in [4.69, 9.17) is 0 Å². The fraction of sp³-hybridized carbons (Fsp3) is 0.533. The Morgan fingerprint density at radius 1 is 1.35 bits per heavy atom. The zero-order valence-electron chi connectivity index (χ0n) is 12.4. The second-order valence-electron chi connectivity index (χ2n) is 5.42. The van der Waals surface area contributed by atoms with Crippen molar-refractivity contribution in [2.24, 2.45) is 0 Å². The first kappa shape index (κ1) is 17.0. The summed E-state index contributed by atoms with van der Waals surface area (Å²) >= 11 is 1.66. The van der Waals surface area contributed by atoms with Gasteiger partial charge in [0.2, 0.25) is 5.91 Å². The van der Waals surface area contributed by atoms with Gasteiger partial charge in [-0.25, -0.2) is 0 Å². The molecule has 0 aliphatic heterocycles. The SMILES string of the molecule is CN(C)CC(C)(O)CNC(=O)CCSc1ccccc1. The van der Waals surface area contributed by atoms with Crippen LogP contribution in [0.1, 0.15) is 13.3 Å². The largest absolute Gasteiger partial charge is 0.387 e. The Morgan fingerprint density at radius 3 is 2.60 bits per heavy atom. The van der Waals surface area contributed by atoms with Crippen molar-refractivity contribution in [2.75, 3.05) is 32.9 Å². The molecule has 4 nitrogen and oxygen atoms in total. The van der Waals surface area contributed by atoms with E-state index in [2.05, 4.69) is 5.32 Å². The van der Waals surface area contributed by atoms with Crippen LogP contribution in [0.5, 0.6) is 0 Å². The minimum Gasteiger partial charge on any atom is -0.387 e. The lowest BCUT2D eigenvalue weighted by molar-refractivity contribution is -0.121. The summed E-state index contributed by atoms with van der Waals surface area (Å²) in [5.41, 5.74) is -0.897. The zero-order chi connectivity index (χ0) is 15.0. The van der Waals surface area contributed by atoms with Crippen LogP contribution in [-0.2, 0) is 4.79 Å². The lowest BCUT2D eigenvalue weighted by atomic mass is 10.1. The maximum Gasteiger partial charge on any atom is 0.220 e. The van der Waals surface area contributed by atoms with Crippen molar-refractivity contribution >= 4 is 17.7 Å². The highest BCUT2D eigenvalue weighted by molar-refractivity contribution is 7.99. The van der Waals surface area contributed by atoms with Gasteiger partial charge < -0.3 is 15.3 Å². The van der Waals surface area contributed by atoms with Gasteiger partial charge in [-0.05, 0) is 33.2 Å². The van der Waals surface area contributed by atoms with Crippen LogP contribution in [0.3, 0.4) is 0 Å². The first-order valence-corrected chi connectivity index (χ1v) is 7.69. The predicted octanol–water partition coefficient (Wildman–Crippen LogP) is 1.60. The van der Waals surface area contributed by atoms with E-state index in [-0.39, 0.29) is 12.5 Å². The molecule has 2 N–H and O–H groups in total. The van der Waals surface area contributed by atoms with Crippen molar-refractivity contribution in [2.45, 2.75) is 23.8 Å². The molecule has 5 heteroatoms. The number of likely N-dealkylation sites (N-methyl/N-ethyl adjacent to an activating group) is 1. The molecule has 0 aliphatic carbocycles. The van der Waals surface area contributed by atoms with Gasteiger partial charge in [-0.1, -0.05) is 18.2 Å². The molecule has 1 amide bonds. The van der Waals surface area contributed by atoms with E-state index < -0.39 is 5.60 Å². The van der Waals surface area contributed by atoms with E-state index in [1.807, 2.05) is 49.3 Å². The number of thioether (sulfide) groups is 1. The highest BCUT2D eigenvalue weighted by Crippen LogP contribution is 2.17. The maximum absolute atomic E-state index is 11.7. The standard InChI is InChI=1S/C15H24N2O2S/c1-15(19,12-17(2)3)11-16-14(18)9-10-20-13-7-5-4-6-8-13/h4-8,19H,9-12H2,1-3H3,(H,16,18). The monoisotopic (exact) mass is 296 g/mol. The van der Waals surface area contributed by atoms with Gasteiger partial charge in [0.05, 0.1) is 5.60 Å². The van der Waals surface area contributed by atoms with Gasteiger partial charge in [0.1, 0.15) is 0 Å². The van der Waals surface area contributed by atoms with Gasteiger partial charge in [0, 0.05) is 30.2 Å². The van der Waals surface area contributed by atoms with Crippen LogP contribution in [0.15, 0.2) is 35.2 Å². The third-order valence-corrected chi connectivity index (χ3v) is 3.68. The van der Waals surface area contributed by atoms with Crippen molar-refractivity contribution in [3.8, 4) is 0 Å². The molecule has 0 radical (unpaired) electrons. The Morgan fingerprint density at radius 2 is 2.00 bits per heavy atom. The number of aliphatic hydroxyl groups is 1. The van der Waals surface area contributed by atoms with E-state index in [9.17, 15) is 9.90 Å². The average molecular weight is 296 g/mol. The summed E-state index contributed by atoms with van der Waals surface area (Å²) in [5.74, 6) is 0.721. The number of hydrogen-bond donors (Lipinski definition) is 2. The van der Waals surface area contributed by atoms with Gasteiger partial charge in [-0.15, -0.1) is 11.8 Å². The number of benzene rings is 1. The molecular weight excluding hydrogens is 272 g/mol. The van der Waals surface area contributed by atoms with E-state index in [1.165, 1.54) is 4.90 Å². The highest BCUT2D eigenvalue weighted by atomic mass is 32.2. The van der Waals surface area contributed by atoms with Crippen LogP contribution in [0.2, 0.25) is 0 Å². The van der Waals surface area contributed by atoms with Gasteiger partial charge >= 0.3 is 0 Å². The van der Waals surface area contributed by atoms with E-state index >= 15 is 0 Å². The summed E-state index contributed by atoms with van der Waals surface area (Å²) in [4.78, 5) is 14.8. The Balaban J connectivity index is 2.20. The fourth-order valence-electron chi connectivity index (χ4n) is 1.89. The molecule has 1 rings (SSSR count). The molecule has 1 aromatic carbocycles. The van der Waals surface area contributed by atoms with Crippen molar-refractivity contribution in [1.82, 2.24) is 10.2 Å². The number of nitrogens with zero attached hydrogens (tertiary/aromatic N) is 1. The molecule has 0 saturated heterocycles. The topological polar surface area (TPSA) is 52.6 Å². The number of nitrogens with one attached hydrogen (secondary N) is 1. The van der Waals surface area contributed by atoms with Gasteiger partial charge in [0.15, 0.2) is 0 Å². The molecule has 0 bridgehead atoms. The van der Waals surface area contributed by atoms with Gasteiger partial charge in [-0.2, -0.15) is 0 Å². The van der Waals surface area contributed by atoms with E-state index in [0.29, 0.717) is 13.0 Å².